The molecule has 18 heavy (non-hydrogen) atoms. The average molecular weight is 249 g/mol. The number of carbonyl (C=O) groups excluding carboxylic acids is 1. The summed E-state index contributed by atoms with van der Waals surface area (Å²) >= 11 is 0. The lowest BCUT2D eigenvalue weighted by molar-refractivity contribution is -0.151. The van der Waals surface area contributed by atoms with Crippen molar-refractivity contribution in [3.05, 3.63) is 29.8 Å². The van der Waals surface area contributed by atoms with Crippen LogP contribution in [0.15, 0.2) is 24.3 Å². The van der Waals surface area contributed by atoms with E-state index in [0.29, 0.717) is 6.42 Å². The third-order valence-electron chi connectivity index (χ3n) is 3.18. The van der Waals surface area contributed by atoms with Crippen molar-refractivity contribution in [3.8, 4) is 5.75 Å². The first-order chi connectivity index (χ1) is 8.70. The summed E-state index contributed by atoms with van der Waals surface area (Å²) in [5, 5.41) is 0. The van der Waals surface area contributed by atoms with Gasteiger partial charge in [-0.05, 0) is 31.0 Å². The van der Waals surface area contributed by atoms with E-state index in [0.717, 1.165) is 30.9 Å². The molecule has 1 fully saturated rings. The SMILES string of the molecule is COc1ccc(CC(=O)N2CCCOC2C)cc1. The molecule has 1 saturated heterocycles. The Morgan fingerprint density at radius 2 is 2.17 bits per heavy atom. The molecule has 0 spiro atoms. The van der Waals surface area contributed by atoms with Gasteiger partial charge in [0.1, 0.15) is 12.0 Å². The summed E-state index contributed by atoms with van der Waals surface area (Å²) in [6.07, 6.45) is 1.22. The Morgan fingerprint density at radius 3 is 2.78 bits per heavy atom. The molecular formula is C14H19NO3. The van der Waals surface area contributed by atoms with Gasteiger partial charge in [0.25, 0.3) is 0 Å². The lowest BCUT2D eigenvalue weighted by atomic mass is 10.1. The van der Waals surface area contributed by atoms with E-state index >= 15 is 0 Å². The van der Waals surface area contributed by atoms with Crippen LogP contribution in [0.4, 0.5) is 0 Å². The Bertz CT molecular complexity index is 402. The quantitative estimate of drug-likeness (QED) is 0.820. The molecule has 4 heteroatoms. The molecule has 1 atom stereocenters. The van der Waals surface area contributed by atoms with Crippen LogP contribution in [0.2, 0.25) is 0 Å². The number of methoxy groups -OCH3 is 1. The molecule has 0 saturated carbocycles. The second-order valence-corrected chi connectivity index (χ2v) is 4.44. The van der Waals surface area contributed by atoms with Crippen molar-refractivity contribution in [2.45, 2.75) is 26.0 Å². The smallest absolute Gasteiger partial charge is 0.229 e. The standard InChI is InChI=1S/C14H19NO3/c1-11-15(8-3-9-18-11)14(16)10-12-4-6-13(17-2)7-5-12/h4-7,11H,3,8-10H2,1-2H3. The molecular weight excluding hydrogens is 230 g/mol. The van der Waals surface area contributed by atoms with Gasteiger partial charge in [0.2, 0.25) is 5.91 Å². The highest BCUT2D eigenvalue weighted by molar-refractivity contribution is 5.79. The van der Waals surface area contributed by atoms with E-state index in [1.54, 1.807) is 12.0 Å². The number of hydrogen-bond donors (Lipinski definition) is 0. The zero-order chi connectivity index (χ0) is 13.0. The zero-order valence-corrected chi connectivity index (χ0v) is 10.9. The maximum atomic E-state index is 12.1. The van der Waals surface area contributed by atoms with E-state index in [1.807, 2.05) is 31.2 Å². The summed E-state index contributed by atoms with van der Waals surface area (Å²) in [5.41, 5.74) is 0.999. The Morgan fingerprint density at radius 1 is 1.44 bits per heavy atom. The minimum absolute atomic E-state index is 0.107. The van der Waals surface area contributed by atoms with Crippen molar-refractivity contribution in [3.63, 3.8) is 0 Å². The first-order valence-electron chi connectivity index (χ1n) is 6.24. The lowest BCUT2D eigenvalue weighted by Crippen LogP contribution is -2.45. The number of rotatable bonds is 3. The molecule has 98 valence electrons. The molecule has 0 bridgehead atoms. The Balaban J connectivity index is 1.97. The van der Waals surface area contributed by atoms with Crippen molar-refractivity contribution >= 4 is 5.91 Å². The van der Waals surface area contributed by atoms with E-state index in [9.17, 15) is 4.79 Å². The summed E-state index contributed by atoms with van der Waals surface area (Å²) in [6.45, 7) is 3.45. The van der Waals surface area contributed by atoms with Crippen molar-refractivity contribution in [1.29, 1.82) is 0 Å². The van der Waals surface area contributed by atoms with E-state index in [4.69, 9.17) is 9.47 Å². The van der Waals surface area contributed by atoms with Crippen LogP contribution in [-0.2, 0) is 16.0 Å². The first-order valence-corrected chi connectivity index (χ1v) is 6.24. The predicted octanol–water partition coefficient (Wildman–Crippen LogP) is 1.83. The van der Waals surface area contributed by atoms with Crippen LogP contribution >= 0.6 is 0 Å². The molecule has 2 rings (SSSR count). The molecule has 0 aliphatic carbocycles. The molecule has 1 aromatic rings. The average Bonchev–Trinajstić information content (AvgIpc) is 2.40. The van der Waals surface area contributed by atoms with Gasteiger partial charge in [-0.2, -0.15) is 0 Å². The molecule has 1 heterocycles. The van der Waals surface area contributed by atoms with E-state index < -0.39 is 0 Å². The lowest BCUT2D eigenvalue weighted by Gasteiger charge is -2.33. The molecule has 1 amide bonds. The molecule has 1 aromatic carbocycles. The van der Waals surface area contributed by atoms with Crippen LogP contribution in [0.25, 0.3) is 0 Å². The van der Waals surface area contributed by atoms with Crippen LogP contribution in [0.1, 0.15) is 18.9 Å². The minimum Gasteiger partial charge on any atom is -0.497 e. The van der Waals surface area contributed by atoms with Crippen LogP contribution in [0.5, 0.6) is 5.75 Å². The number of ether oxygens (including phenoxy) is 2. The van der Waals surface area contributed by atoms with Gasteiger partial charge >= 0.3 is 0 Å². The molecule has 4 nitrogen and oxygen atoms in total. The summed E-state index contributed by atoms with van der Waals surface area (Å²) < 4.78 is 10.6. The highest BCUT2D eigenvalue weighted by atomic mass is 16.5. The molecule has 0 radical (unpaired) electrons. The topological polar surface area (TPSA) is 38.8 Å². The second kappa shape index (κ2) is 5.87. The van der Waals surface area contributed by atoms with Gasteiger partial charge in [-0.25, -0.2) is 0 Å². The van der Waals surface area contributed by atoms with Crippen LogP contribution in [0, 0.1) is 0 Å². The summed E-state index contributed by atoms with van der Waals surface area (Å²) in [7, 11) is 1.63. The fraction of sp³-hybridized carbons (Fsp3) is 0.500. The fourth-order valence-corrected chi connectivity index (χ4v) is 2.11. The number of carbonyl (C=O) groups is 1. The summed E-state index contributed by atoms with van der Waals surface area (Å²) in [5.74, 6) is 0.924. The van der Waals surface area contributed by atoms with Gasteiger partial charge in [0.15, 0.2) is 0 Å². The Kier molecular flexibility index (Phi) is 4.20. The van der Waals surface area contributed by atoms with Gasteiger partial charge < -0.3 is 14.4 Å². The van der Waals surface area contributed by atoms with Gasteiger partial charge in [0, 0.05) is 6.54 Å². The van der Waals surface area contributed by atoms with Crippen molar-refractivity contribution < 1.29 is 14.3 Å². The first kappa shape index (κ1) is 12.9. The third-order valence-corrected chi connectivity index (χ3v) is 3.18. The highest BCUT2D eigenvalue weighted by Crippen LogP contribution is 2.15. The maximum Gasteiger partial charge on any atom is 0.229 e. The molecule has 1 aliphatic rings. The molecule has 1 aliphatic heterocycles. The number of hydrogen-bond acceptors (Lipinski definition) is 3. The van der Waals surface area contributed by atoms with Crippen molar-refractivity contribution in [1.82, 2.24) is 4.90 Å². The van der Waals surface area contributed by atoms with Crippen LogP contribution in [-0.4, -0.2) is 37.3 Å². The minimum atomic E-state index is -0.107. The summed E-state index contributed by atoms with van der Waals surface area (Å²) in [6, 6.07) is 7.59. The molecule has 0 aromatic heterocycles. The van der Waals surface area contributed by atoms with Gasteiger partial charge in [-0.3, -0.25) is 4.79 Å². The zero-order valence-electron chi connectivity index (χ0n) is 10.9. The fourth-order valence-electron chi connectivity index (χ4n) is 2.11. The van der Waals surface area contributed by atoms with E-state index in [-0.39, 0.29) is 12.1 Å². The van der Waals surface area contributed by atoms with Crippen LogP contribution < -0.4 is 4.74 Å². The van der Waals surface area contributed by atoms with Gasteiger partial charge in [-0.15, -0.1) is 0 Å². The normalized spacial score (nSPS) is 19.7. The monoisotopic (exact) mass is 249 g/mol. The Labute approximate surface area is 107 Å². The van der Waals surface area contributed by atoms with Crippen molar-refractivity contribution in [2.24, 2.45) is 0 Å². The summed E-state index contributed by atoms with van der Waals surface area (Å²) in [4.78, 5) is 13.9. The van der Waals surface area contributed by atoms with Crippen LogP contribution in [0.3, 0.4) is 0 Å². The Hall–Kier alpha value is -1.55. The number of benzene rings is 1. The van der Waals surface area contributed by atoms with Crippen molar-refractivity contribution in [2.75, 3.05) is 20.3 Å². The van der Waals surface area contributed by atoms with E-state index in [2.05, 4.69) is 0 Å². The van der Waals surface area contributed by atoms with Gasteiger partial charge in [-0.1, -0.05) is 12.1 Å². The third kappa shape index (κ3) is 3.01. The second-order valence-electron chi connectivity index (χ2n) is 4.44. The van der Waals surface area contributed by atoms with Gasteiger partial charge in [0.05, 0.1) is 20.1 Å². The predicted molar refractivity (Wildman–Crippen MR) is 68.4 cm³/mol. The number of amides is 1. The highest BCUT2D eigenvalue weighted by Gasteiger charge is 2.23. The van der Waals surface area contributed by atoms with E-state index in [1.165, 1.54) is 0 Å². The number of nitrogens with zero attached hydrogens (tertiary/aromatic N) is 1. The largest absolute Gasteiger partial charge is 0.497 e. The molecule has 0 N–H and O–H groups in total. The maximum absolute atomic E-state index is 12.1. The molecule has 1 unspecified atom stereocenters.